The lowest BCUT2D eigenvalue weighted by atomic mass is 10.2. The zero-order valence-electron chi connectivity index (χ0n) is 10.4. The van der Waals surface area contributed by atoms with Crippen LogP contribution in [0.4, 0.5) is 11.4 Å². The molecule has 0 aliphatic carbocycles. The minimum absolute atomic E-state index is 0.509. The van der Waals surface area contributed by atoms with Gasteiger partial charge >= 0.3 is 0 Å². The van der Waals surface area contributed by atoms with Gasteiger partial charge in [-0.25, -0.2) is 0 Å². The van der Waals surface area contributed by atoms with E-state index in [-0.39, 0.29) is 0 Å². The molecule has 0 bridgehead atoms. The molecule has 0 spiro atoms. The predicted molar refractivity (Wildman–Crippen MR) is 72.0 cm³/mol. The molecule has 92 valence electrons. The van der Waals surface area contributed by atoms with Gasteiger partial charge in [0.1, 0.15) is 0 Å². The highest BCUT2D eigenvalue weighted by Crippen LogP contribution is 2.33. The first-order valence-corrected chi connectivity index (χ1v) is 6.25. The number of hydrogen-bond donors (Lipinski definition) is 1. The van der Waals surface area contributed by atoms with Crippen LogP contribution in [0.3, 0.4) is 0 Å². The number of para-hydroxylation sites is 1. The summed E-state index contributed by atoms with van der Waals surface area (Å²) in [5, 5.41) is 9.46. The number of benzene rings is 1. The summed E-state index contributed by atoms with van der Waals surface area (Å²) in [6.45, 7) is 2.72. The van der Waals surface area contributed by atoms with Crippen LogP contribution in [0.15, 0.2) is 42.6 Å². The zero-order valence-corrected chi connectivity index (χ0v) is 10.4. The van der Waals surface area contributed by atoms with E-state index in [4.69, 9.17) is 0 Å². The number of fused-ring (bicyclic) bond motifs is 1. The minimum atomic E-state index is -0.509. The van der Waals surface area contributed by atoms with Crippen LogP contribution in [-0.4, -0.2) is 16.6 Å². The second-order valence-electron chi connectivity index (χ2n) is 4.65. The van der Waals surface area contributed by atoms with Gasteiger partial charge in [0, 0.05) is 12.2 Å². The van der Waals surface area contributed by atoms with Crippen LogP contribution in [0, 0.1) is 0 Å². The van der Waals surface area contributed by atoms with E-state index in [1.54, 1.807) is 6.92 Å². The van der Waals surface area contributed by atoms with Crippen molar-refractivity contribution in [1.29, 1.82) is 0 Å². The molecule has 3 nitrogen and oxygen atoms in total. The highest BCUT2D eigenvalue weighted by atomic mass is 16.3. The third-order valence-electron chi connectivity index (χ3n) is 3.40. The number of aromatic nitrogens is 1. The van der Waals surface area contributed by atoms with Crippen LogP contribution < -0.4 is 4.90 Å². The Morgan fingerprint density at radius 1 is 1.22 bits per heavy atom. The molecule has 0 saturated carbocycles. The molecule has 3 heteroatoms. The van der Waals surface area contributed by atoms with Crippen molar-refractivity contribution in [3.63, 3.8) is 0 Å². The molecule has 2 heterocycles. The first-order valence-electron chi connectivity index (χ1n) is 6.25. The standard InChI is InChI=1S/C15H16N2O/c1-11(18)14-7-6-13(10-16-14)17-9-8-12-4-2-3-5-15(12)17/h2-7,10-11,18H,8-9H2,1H3/t11-/m1/s1. The molecule has 1 aromatic carbocycles. The van der Waals surface area contributed by atoms with Crippen molar-refractivity contribution in [2.24, 2.45) is 0 Å². The Morgan fingerprint density at radius 3 is 2.78 bits per heavy atom. The fourth-order valence-electron chi connectivity index (χ4n) is 2.41. The molecule has 1 N–H and O–H groups in total. The summed E-state index contributed by atoms with van der Waals surface area (Å²) in [6.07, 6.45) is 2.41. The fraction of sp³-hybridized carbons (Fsp3) is 0.267. The van der Waals surface area contributed by atoms with E-state index >= 15 is 0 Å². The summed E-state index contributed by atoms with van der Waals surface area (Å²) in [7, 11) is 0. The number of anilines is 2. The summed E-state index contributed by atoms with van der Waals surface area (Å²) in [4.78, 5) is 6.58. The van der Waals surface area contributed by atoms with E-state index < -0.39 is 6.10 Å². The number of aliphatic hydroxyl groups excluding tert-OH is 1. The first-order chi connectivity index (χ1) is 8.75. The van der Waals surface area contributed by atoms with Crippen molar-refractivity contribution in [3.05, 3.63) is 53.9 Å². The van der Waals surface area contributed by atoms with Crippen molar-refractivity contribution in [2.45, 2.75) is 19.4 Å². The zero-order chi connectivity index (χ0) is 12.5. The van der Waals surface area contributed by atoms with Gasteiger partial charge in [-0.15, -0.1) is 0 Å². The number of pyridine rings is 1. The van der Waals surface area contributed by atoms with Gasteiger partial charge in [-0.2, -0.15) is 0 Å². The van der Waals surface area contributed by atoms with Crippen molar-refractivity contribution < 1.29 is 5.11 Å². The topological polar surface area (TPSA) is 36.4 Å². The second kappa shape index (κ2) is 4.42. The molecule has 18 heavy (non-hydrogen) atoms. The molecule has 0 fully saturated rings. The van der Waals surface area contributed by atoms with Crippen molar-refractivity contribution in [1.82, 2.24) is 4.98 Å². The Kier molecular flexibility index (Phi) is 2.76. The van der Waals surface area contributed by atoms with E-state index in [1.807, 2.05) is 18.3 Å². The van der Waals surface area contributed by atoms with E-state index in [2.05, 4.69) is 34.1 Å². The maximum atomic E-state index is 9.46. The quantitative estimate of drug-likeness (QED) is 0.877. The predicted octanol–water partition coefficient (Wildman–Crippen LogP) is 2.83. The summed E-state index contributed by atoms with van der Waals surface area (Å²) in [5.74, 6) is 0. The highest BCUT2D eigenvalue weighted by molar-refractivity contribution is 5.69. The first kappa shape index (κ1) is 11.2. The molecule has 1 aromatic heterocycles. The number of nitrogens with zero attached hydrogens (tertiary/aromatic N) is 2. The van der Waals surface area contributed by atoms with Gasteiger partial charge in [-0.3, -0.25) is 4.98 Å². The summed E-state index contributed by atoms with van der Waals surface area (Å²) >= 11 is 0. The molecule has 1 aliphatic rings. The van der Waals surface area contributed by atoms with Gasteiger partial charge in [0.15, 0.2) is 0 Å². The van der Waals surface area contributed by atoms with Crippen LogP contribution in [0.1, 0.15) is 24.3 Å². The third kappa shape index (κ3) is 1.87. The monoisotopic (exact) mass is 240 g/mol. The fourth-order valence-corrected chi connectivity index (χ4v) is 2.41. The average molecular weight is 240 g/mol. The minimum Gasteiger partial charge on any atom is -0.387 e. The van der Waals surface area contributed by atoms with E-state index in [1.165, 1.54) is 11.3 Å². The molecule has 2 aromatic rings. The summed E-state index contributed by atoms with van der Waals surface area (Å²) in [6, 6.07) is 12.4. The van der Waals surface area contributed by atoms with Gasteiger partial charge in [0.2, 0.25) is 0 Å². The van der Waals surface area contributed by atoms with E-state index in [9.17, 15) is 5.11 Å². The third-order valence-corrected chi connectivity index (χ3v) is 3.40. The summed E-state index contributed by atoms with van der Waals surface area (Å²) < 4.78 is 0. The van der Waals surface area contributed by atoms with Crippen molar-refractivity contribution >= 4 is 11.4 Å². The van der Waals surface area contributed by atoms with Crippen LogP contribution in [0.2, 0.25) is 0 Å². The van der Waals surface area contributed by atoms with Crippen LogP contribution >= 0.6 is 0 Å². The highest BCUT2D eigenvalue weighted by Gasteiger charge is 2.19. The lowest BCUT2D eigenvalue weighted by molar-refractivity contribution is 0.194. The molecule has 0 unspecified atom stereocenters. The molecule has 1 aliphatic heterocycles. The molecule has 0 radical (unpaired) electrons. The van der Waals surface area contributed by atoms with Gasteiger partial charge < -0.3 is 10.0 Å². The molecule has 3 rings (SSSR count). The number of hydrogen-bond acceptors (Lipinski definition) is 3. The smallest absolute Gasteiger partial charge is 0.0931 e. The van der Waals surface area contributed by atoms with Gasteiger partial charge in [-0.05, 0) is 37.1 Å². The van der Waals surface area contributed by atoms with E-state index in [0.29, 0.717) is 5.69 Å². The molecular formula is C15H16N2O. The van der Waals surface area contributed by atoms with Crippen LogP contribution in [0.25, 0.3) is 0 Å². The lowest BCUT2D eigenvalue weighted by Gasteiger charge is -2.19. The maximum absolute atomic E-state index is 9.46. The summed E-state index contributed by atoms with van der Waals surface area (Å²) in [5.41, 5.74) is 4.46. The number of aliphatic hydroxyl groups is 1. The average Bonchev–Trinajstić information content (AvgIpc) is 2.82. The Labute approximate surface area is 107 Å². The molecule has 1 atom stereocenters. The van der Waals surface area contributed by atoms with Crippen molar-refractivity contribution in [3.8, 4) is 0 Å². The van der Waals surface area contributed by atoms with Crippen LogP contribution in [-0.2, 0) is 6.42 Å². The largest absolute Gasteiger partial charge is 0.387 e. The Hall–Kier alpha value is -1.87. The molecular weight excluding hydrogens is 224 g/mol. The van der Waals surface area contributed by atoms with Gasteiger partial charge in [-0.1, -0.05) is 18.2 Å². The Bertz CT molecular complexity index is 549. The molecule has 0 amide bonds. The maximum Gasteiger partial charge on any atom is 0.0931 e. The van der Waals surface area contributed by atoms with Crippen molar-refractivity contribution in [2.75, 3.05) is 11.4 Å². The van der Waals surface area contributed by atoms with Gasteiger partial charge in [0.05, 0.1) is 23.7 Å². The van der Waals surface area contributed by atoms with E-state index in [0.717, 1.165) is 18.7 Å². The lowest BCUT2D eigenvalue weighted by Crippen LogP contribution is -2.13. The normalized spacial score (nSPS) is 15.6. The SMILES string of the molecule is C[C@@H](O)c1ccc(N2CCc3ccccc32)cn1. The second-order valence-corrected chi connectivity index (χ2v) is 4.65. The van der Waals surface area contributed by atoms with Gasteiger partial charge in [0.25, 0.3) is 0 Å². The van der Waals surface area contributed by atoms with Crippen LogP contribution in [0.5, 0.6) is 0 Å². The Morgan fingerprint density at radius 2 is 2.06 bits per heavy atom. The number of rotatable bonds is 2. The Balaban J connectivity index is 1.93. The molecule has 0 saturated heterocycles.